The third-order valence-electron chi connectivity index (χ3n) is 4.72. The Labute approximate surface area is 115 Å². The topological polar surface area (TPSA) is 15.3 Å². The Morgan fingerprint density at radius 3 is 2.89 bits per heavy atom. The van der Waals surface area contributed by atoms with Crippen molar-refractivity contribution in [2.24, 2.45) is 0 Å². The molecule has 1 spiro atoms. The maximum Gasteiger partial charge on any atom is 0.123 e. The number of hydrogen-bond donors (Lipinski definition) is 1. The Morgan fingerprint density at radius 2 is 2.11 bits per heavy atom. The second-order valence-electron chi connectivity index (χ2n) is 6.20. The molecular weight excluding hydrogens is 239 g/mol. The Bertz CT molecular complexity index is 452. The summed E-state index contributed by atoms with van der Waals surface area (Å²) in [6, 6.07) is 5.13. The van der Waals surface area contributed by atoms with Gasteiger partial charge in [-0.25, -0.2) is 4.39 Å². The van der Waals surface area contributed by atoms with Crippen molar-refractivity contribution in [3.05, 3.63) is 35.1 Å². The Balaban J connectivity index is 1.70. The number of aryl methyl sites for hydroxylation is 1. The third kappa shape index (κ3) is 2.82. The molecule has 1 aliphatic heterocycles. The number of benzene rings is 1. The lowest BCUT2D eigenvalue weighted by atomic mass is 9.94. The van der Waals surface area contributed by atoms with Crippen LogP contribution in [0.1, 0.15) is 36.8 Å². The van der Waals surface area contributed by atoms with E-state index in [1.165, 1.54) is 31.2 Å². The number of nitrogens with one attached hydrogen (secondary N) is 1. The van der Waals surface area contributed by atoms with Crippen molar-refractivity contribution >= 4 is 0 Å². The summed E-state index contributed by atoms with van der Waals surface area (Å²) >= 11 is 0. The highest BCUT2D eigenvalue weighted by Crippen LogP contribution is 2.32. The average molecular weight is 262 g/mol. The summed E-state index contributed by atoms with van der Waals surface area (Å²) in [6.45, 7) is 6.20. The minimum absolute atomic E-state index is 0.119. The Hall–Kier alpha value is -0.930. The fraction of sp³-hybridized carbons (Fsp3) is 0.625. The molecule has 104 valence electrons. The van der Waals surface area contributed by atoms with E-state index in [2.05, 4.69) is 17.1 Å². The summed E-state index contributed by atoms with van der Waals surface area (Å²) < 4.78 is 13.4. The lowest BCUT2D eigenvalue weighted by Crippen LogP contribution is -2.58. The molecule has 3 heteroatoms. The van der Waals surface area contributed by atoms with Gasteiger partial charge in [0.15, 0.2) is 0 Å². The van der Waals surface area contributed by atoms with Crippen molar-refractivity contribution < 1.29 is 4.39 Å². The highest BCUT2D eigenvalue weighted by Gasteiger charge is 2.37. The fourth-order valence-electron chi connectivity index (χ4n) is 3.62. The van der Waals surface area contributed by atoms with Crippen LogP contribution in [0.5, 0.6) is 0 Å². The molecule has 0 atom stereocenters. The zero-order chi connectivity index (χ0) is 13.3. The second-order valence-corrected chi connectivity index (χ2v) is 6.20. The van der Waals surface area contributed by atoms with E-state index in [1.54, 1.807) is 12.1 Å². The lowest BCUT2D eigenvalue weighted by molar-refractivity contribution is 0.128. The van der Waals surface area contributed by atoms with Gasteiger partial charge in [-0.15, -0.1) is 0 Å². The predicted molar refractivity (Wildman–Crippen MR) is 75.6 cm³/mol. The second kappa shape index (κ2) is 5.22. The molecule has 1 N–H and O–H groups in total. The molecule has 2 aliphatic rings. The normalized spacial score (nSPS) is 23.1. The summed E-state index contributed by atoms with van der Waals surface area (Å²) in [6.07, 6.45) is 5.29. The van der Waals surface area contributed by atoms with E-state index in [0.717, 1.165) is 31.7 Å². The largest absolute Gasteiger partial charge is 0.309 e. The summed E-state index contributed by atoms with van der Waals surface area (Å²) in [7, 11) is 0. The molecule has 1 aliphatic carbocycles. The molecular formula is C16H23FN2. The highest BCUT2D eigenvalue weighted by molar-refractivity contribution is 5.26. The summed E-state index contributed by atoms with van der Waals surface area (Å²) in [5.41, 5.74) is 2.68. The van der Waals surface area contributed by atoms with Crippen LogP contribution in [0.25, 0.3) is 0 Å². The van der Waals surface area contributed by atoms with E-state index in [9.17, 15) is 4.39 Å². The molecule has 0 radical (unpaired) electrons. The van der Waals surface area contributed by atoms with Crippen molar-refractivity contribution in [1.29, 1.82) is 0 Å². The number of halogens is 1. The molecule has 1 heterocycles. The minimum atomic E-state index is -0.119. The number of rotatable bonds is 2. The zero-order valence-electron chi connectivity index (χ0n) is 11.7. The van der Waals surface area contributed by atoms with Crippen molar-refractivity contribution in [1.82, 2.24) is 10.2 Å². The molecule has 1 aromatic carbocycles. The van der Waals surface area contributed by atoms with Gasteiger partial charge in [-0.1, -0.05) is 18.9 Å². The van der Waals surface area contributed by atoms with Crippen molar-refractivity contribution in [3.8, 4) is 0 Å². The van der Waals surface area contributed by atoms with E-state index in [-0.39, 0.29) is 5.82 Å². The Kier molecular flexibility index (Phi) is 3.59. The van der Waals surface area contributed by atoms with E-state index in [4.69, 9.17) is 0 Å². The van der Waals surface area contributed by atoms with Crippen molar-refractivity contribution in [3.63, 3.8) is 0 Å². The molecule has 0 amide bonds. The molecule has 2 nitrogen and oxygen atoms in total. The predicted octanol–water partition coefficient (Wildman–Crippen LogP) is 2.85. The van der Waals surface area contributed by atoms with Gasteiger partial charge in [-0.3, -0.25) is 4.90 Å². The van der Waals surface area contributed by atoms with Gasteiger partial charge in [0.2, 0.25) is 0 Å². The van der Waals surface area contributed by atoms with Crippen molar-refractivity contribution in [2.45, 2.75) is 44.7 Å². The first-order chi connectivity index (χ1) is 9.17. The summed E-state index contributed by atoms with van der Waals surface area (Å²) in [5.74, 6) is -0.119. The average Bonchev–Trinajstić information content (AvgIpc) is 2.82. The fourth-order valence-corrected chi connectivity index (χ4v) is 3.62. The van der Waals surface area contributed by atoms with Gasteiger partial charge in [0.25, 0.3) is 0 Å². The molecule has 0 unspecified atom stereocenters. The molecule has 2 fully saturated rings. The van der Waals surface area contributed by atoms with Gasteiger partial charge in [0.05, 0.1) is 0 Å². The minimum Gasteiger partial charge on any atom is -0.309 e. The van der Waals surface area contributed by atoms with Gasteiger partial charge < -0.3 is 5.32 Å². The van der Waals surface area contributed by atoms with Gasteiger partial charge in [-0.05, 0) is 43.0 Å². The standard InChI is InChI=1S/C16H23FN2/c1-13-4-5-15(17)10-14(13)11-19-9-8-18-16(12-19)6-2-3-7-16/h4-5,10,18H,2-3,6-9,11-12H2,1H3. The summed E-state index contributed by atoms with van der Waals surface area (Å²) in [5, 5.41) is 3.72. The van der Waals surface area contributed by atoms with Crippen LogP contribution in [0, 0.1) is 12.7 Å². The quantitative estimate of drug-likeness (QED) is 0.881. The monoisotopic (exact) mass is 262 g/mol. The van der Waals surface area contributed by atoms with E-state index in [0.29, 0.717) is 5.54 Å². The molecule has 3 rings (SSSR count). The first-order valence-corrected chi connectivity index (χ1v) is 7.39. The highest BCUT2D eigenvalue weighted by atomic mass is 19.1. The SMILES string of the molecule is Cc1ccc(F)cc1CN1CCNC2(CCCC2)C1. The third-order valence-corrected chi connectivity index (χ3v) is 4.72. The first-order valence-electron chi connectivity index (χ1n) is 7.39. The van der Waals surface area contributed by atoms with E-state index < -0.39 is 0 Å². The molecule has 1 saturated heterocycles. The van der Waals surface area contributed by atoms with Gasteiger partial charge >= 0.3 is 0 Å². The van der Waals surface area contributed by atoms with Crippen LogP contribution in [0.2, 0.25) is 0 Å². The lowest BCUT2D eigenvalue weighted by Gasteiger charge is -2.41. The van der Waals surface area contributed by atoms with Crippen LogP contribution in [0.15, 0.2) is 18.2 Å². The van der Waals surface area contributed by atoms with Crippen LogP contribution in [0.3, 0.4) is 0 Å². The molecule has 0 aromatic heterocycles. The molecule has 19 heavy (non-hydrogen) atoms. The van der Waals surface area contributed by atoms with E-state index in [1.807, 2.05) is 6.07 Å². The van der Waals surface area contributed by atoms with Crippen LogP contribution < -0.4 is 5.32 Å². The van der Waals surface area contributed by atoms with E-state index >= 15 is 0 Å². The smallest absolute Gasteiger partial charge is 0.123 e. The van der Waals surface area contributed by atoms with Gasteiger partial charge in [0, 0.05) is 31.7 Å². The Morgan fingerprint density at radius 1 is 1.32 bits per heavy atom. The van der Waals surface area contributed by atoms with Crippen LogP contribution in [0.4, 0.5) is 4.39 Å². The maximum absolute atomic E-state index is 13.4. The van der Waals surface area contributed by atoms with Crippen molar-refractivity contribution in [2.75, 3.05) is 19.6 Å². The number of hydrogen-bond acceptors (Lipinski definition) is 2. The zero-order valence-corrected chi connectivity index (χ0v) is 11.7. The van der Waals surface area contributed by atoms with Gasteiger partial charge in [-0.2, -0.15) is 0 Å². The molecule has 1 saturated carbocycles. The van der Waals surface area contributed by atoms with Crippen LogP contribution in [-0.2, 0) is 6.54 Å². The molecule has 0 bridgehead atoms. The van der Waals surface area contributed by atoms with Gasteiger partial charge in [0.1, 0.15) is 5.82 Å². The molecule has 1 aromatic rings. The van der Waals surface area contributed by atoms with Crippen LogP contribution >= 0.6 is 0 Å². The number of piperazine rings is 1. The number of nitrogens with zero attached hydrogens (tertiary/aromatic N) is 1. The summed E-state index contributed by atoms with van der Waals surface area (Å²) in [4.78, 5) is 2.49. The maximum atomic E-state index is 13.4. The van der Waals surface area contributed by atoms with Crippen LogP contribution in [-0.4, -0.2) is 30.1 Å². The first kappa shape index (κ1) is 13.1.